The average molecular weight is 575 g/mol. The number of nitrogens with two attached hydrogens (primary N) is 1. The van der Waals surface area contributed by atoms with Crippen molar-refractivity contribution in [2.24, 2.45) is 5.41 Å². The predicted octanol–water partition coefficient (Wildman–Crippen LogP) is 1.90. The summed E-state index contributed by atoms with van der Waals surface area (Å²) in [6, 6.07) is 10.7. The van der Waals surface area contributed by atoms with Crippen LogP contribution in [0.5, 0.6) is 0 Å². The lowest BCUT2D eigenvalue weighted by molar-refractivity contribution is -0.182. The van der Waals surface area contributed by atoms with Crippen LogP contribution >= 0.6 is 0 Å². The van der Waals surface area contributed by atoms with Crippen LogP contribution in [0.15, 0.2) is 36.7 Å². The highest BCUT2D eigenvalue weighted by molar-refractivity contribution is 6.06. The summed E-state index contributed by atoms with van der Waals surface area (Å²) in [4.78, 5) is 50.9. The number of hydrogen-bond donors (Lipinski definition) is 1. The van der Waals surface area contributed by atoms with Gasteiger partial charge in [-0.15, -0.1) is 6.42 Å². The Balaban J connectivity index is 1.76. The van der Waals surface area contributed by atoms with Crippen molar-refractivity contribution in [3.8, 4) is 18.4 Å². The molecule has 1 aromatic carbocycles. The zero-order chi connectivity index (χ0) is 30.7. The third-order valence-electron chi connectivity index (χ3n) is 7.20. The number of carbonyl (C=O) groups excluding carboxylic acids is 3. The second kappa shape index (κ2) is 11.9. The van der Waals surface area contributed by atoms with Crippen LogP contribution < -0.4 is 5.73 Å². The molecule has 0 bridgehead atoms. The van der Waals surface area contributed by atoms with E-state index < -0.39 is 47.2 Å². The van der Waals surface area contributed by atoms with Gasteiger partial charge in [0.2, 0.25) is 11.4 Å². The van der Waals surface area contributed by atoms with E-state index in [9.17, 15) is 19.6 Å². The Labute approximate surface area is 241 Å². The van der Waals surface area contributed by atoms with Gasteiger partial charge in [0.15, 0.2) is 29.6 Å². The number of imidazole rings is 1. The van der Waals surface area contributed by atoms with Crippen LogP contribution in [0.2, 0.25) is 0 Å². The van der Waals surface area contributed by atoms with Gasteiger partial charge in [-0.2, -0.15) is 15.2 Å². The largest absolute Gasteiger partial charge is 0.463 e. The number of rotatable bonds is 10. The fourth-order valence-electron chi connectivity index (χ4n) is 4.89. The van der Waals surface area contributed by atoms with Crippen LogP contribution in [0, 0.1) is 29.1 Å². The Morgan fingerprint density at radius 3 is 2.55 bits per heavy atom. The molecule has 1 aliphatic rings. The molecule has 1 fully saturated rings. The number of benzene rings is 1. The predicted molar refractivity (Wildman–Crippen MR) is 147 cm³/mol. The van der Waals surface area contributed by atoms with E-state index in [1.54, 1.807) is 38.1 Å². The first-order valence-electron chi connectivity index (χ1n) is 13.1. The van der Waals surface area contributed by atoms with Crippen molar-refractivity contribution >= 4 is 34.7 Å². The lowest BCUT2D eigenvalue weighted by Gasteiger charge is -2.33. The highest BCUT2D eigenvalue weighted by Gasteiger charge is 2.58. The number of hydrogen-bond acceptors (Lipinski definition) is 12. The molecule has 42 heavy (non-hydrogen) atoms. The summed E-state index contributed by atoms with van der Waals surface area (Å²) in [6.45, 7) is 5.39. The van der Waals surface area contributed by atoms with E-state index in [2.05, 4.69) is 20.9 Å². The molecule has 4 rings (SSSR count). The van der Waals surface area contributed by atoms with E-state index in [1.165, 1.54) is 24.7 Å². The summed E-state index contributed by atoms with van der Waals surface area (Å²) >= 11 is 0. The monoisotopic (exact) mass is 574 g/mol. The minimum atomic E-state index is -2.00. The molecule has 1 aliphatic heterocycles. The van der Waals surface area contributed by atoms with Gasteiger partial charge in [-0.05, 0) is 26.3 Å². The molecule has 1 unspecified atom stereocenters. The summed E-state index contributed by atoms with van der Waals surface area (Å²) < 4.78 is 24.9. The van der Waals surface area contributed by atoms with E-state index >= 15 is 0 Å². The van der Waals surface area contributed by atoms with Crippen molar-refractivity contribution in [2.45, 2.75) is 58.2 Å². The minimum absolute atomic E-state index is 0.0218. The summed E-state index contributed by atoms with van der Waals surface area (Å²) in [6.07, 6.45) is 4.05. The maximum atomic E-state index is 13.3. The quantitative estimate of drug-likeness (QED) is 0.211. The van der Waals surface area contributed by atoms with Crippen molar-refractivity contribution < 1.29 is 33.3 Å². The third-order valence-corrected chi connectivity index (χ3v) is 7.20. The van der Waals surface area contributed by atoms with E-state index in [0.29, 0.717) is 5.56 Å². The lowest BCUT2D eigenvalue weighted by Crippen LogP contribution is -2.53. The van der Waals surface area contributed by atoms with Gasteiger partial charge in [-0.3, -0.25) is 14.2 Å². The number of nitrogens with zero attached hydrogens (tertiary/aromatic N) is 5. The van der Waals surface area contributed by atoms with Gasteiger partial charge < -0.3 is 24.7 Å². The number of anilines is 1. The Hall–Kier alpha value is -4.85. The van der Waals surface area contributed by atoms with Crippen molar-refractivity contribution in [1.82, 2.24) is 19.5 Å². The summed E-state index contributed by atoms with van der Waals surface area (Å²) in [5.74, 6) is 0.363. The van der Waals surface area contributed by atoms with Crippen molar-refractivity contribution in [3.63, 3.8) is 0 Å². The molecule has 0 spiro atoms. The molecule has 13 nitrogen and oxygen atoms in total. The normalized spacial score (nSPS) is 23.0. The van der Waals surface area contributed by atoms with E-state index in [4.69, 9.17) is 31.1 Å². The first-order valence-corrected chi connectivity index (χ1v) is 13.1. The number of ether oxygens (including phenoxy) is 4. The Kier molecular flexibility index (Phi) is 8.56. The number of nitriles is 1. The molecule has 2 aromatic heterocycles. The van der Waals surface area contributed by atoms with Gasteiger partial charge in [-0.1, -0.05) is 36.3 Å². The van der Waals surface area contributed by atoms with Crippen LogP contribution in [0.3, 0.4) is 0 Å². The molecular weight excluding hydrogens is 544 g/mol. The van der Waals surface area contributed by atoms with Crippen molar-refractivity contribution in [3.05, 3.63) is 48.0 Å². The average Bonchev–Trinajstić information content (AvgIpc) is 3.50. The molecule has 218 valence electrons. The van der Waals surface area contributed by atoms with Crippen LogP contribution in [0.25, 0.3) is 11.2 Å². The molecule has 0 radical (unpaired) electrons. The number of terminal acetylenes is 1. The topological polar surface area (TPSA) is 182 Å². The SMILES string of the molecule is C#C[C@@]1(C)[C@@H](COC(Cc2ccccc2)(C(C)=O)C(=O)OCC)O[C@@H](n2cnc3c(N)nc(C#N)nc32)[C@@H]1OC(C)=O. The van der Waals surface area contributed by atoms with E-state index in [1.807, 2.05) is 12.1 Å². The molecule has 5 atom stereocenters. The van der Waals surface area contributed by atoms with E-state index in [0.717, 1.165) is 0 Å². The molecule has 2 N–H and O–H groups in total. The second-order valence-electron chi connectivity index (χ2n) is 9.92. The minimum Gasteiger partial charge on any atom is -0.463 e. The summed E-state index contributed by atoms with van der Waals surface area (Å²) in [5, 5.41) is 9.36. The molecular formula is C29H30N6O7. The fourth-order valence-corrected chi connectivity index (χ4v) is 4.89. The molecule has 3 heterocycles. The standard InChI is InChI=1S/C29H30N6O7/c1-6-28(5)20(15-40-29(17(3)36,27(38)39-7-2)13-19-11-9-8-10-12-19)42-26(23(28)41-18(4)37)35-16-32-22-24(31)33-21(14-30)34-25(22)35/h1,8-12,16,20,23,26H,7,13,15H2,2-5H3,(H2,31,33,34)/t20-,23+,26-,28+,29?/m1/s1. The highest BCUT2D eigenvalue weighted by Crippen LogP contribution is 2.46. The fraction of sp³-hybridized carbons (Fsp3) is 0.414. The van der Waals surface area contributed by atoms with Crippen LogP contribution in [0.1, 0.15) is 45.3 Å². The molecule has 1 saturated heterocycles. The first kappa shape index (κ1) is 30.1. The smallest absolute Gasteiger partial charge is 0.346 e. The van der Waals surface area contributed by atoms with Crippen LogP contribution in [0.4, 0.5) is 5.82 Å². The van der Waals surface area contributed by atoms with Crippen molar-refractivity contribution in [1.29, 1.82) is 5.26 Å². The van der Waals surface area contributed by atoms with Gasteiger partial charge >= 0.3 is 11.9 Å². The number of esters is 2. The Morgan fingerprint density at radius 2 is 1.95 bits per heavy atom. The Morgan fingerprint density at radius 1 is 1.24 bits per heavy atom. The highest BCUT2D eigenvalue weighted by atomic mass is 16.6. The third kappa shape index (κ3) is 5.40. The zero-order valence-electron chi connectivity index (χ0n) is 23.6. The van der Waals surface area contributed by atoms with Gasteiger partial charge in [0.1, 0.15) is 17.7 Å². The molecule has 0 amide bonds. The summed E-state index contributed by atoms with van der Waals surface area (Å²) in [5.41, 5.74) is 3.66. The van der Waals surface area contributed by atoms with Gasteiger partial charge in [0.25, 0.3) is 0 Å². The number of nitrogen functional groups attached to an aromatic ring is 1. The van der Waals surface area contributed by atoms with Gasteiger partial charge in [0, 0.05) is 13.3 Å². The number of ketones is 1. The zero-order valence-corrected chi connectivity index (χ0v) is 23.6. The summed E-state index contributed by atoms with van der Waals surface area (Å²) in [7, 11) is 0. The number of aromatic nitrogens is 4. The van der Waals surface area contributed by atoms with Gasteiger partial charge in [0.05, 0.1) is 25.0 Å². The lowest BCUT2D eigenvalue weighted by atomic mass is 9.81. The number of Topliss-reactive ketones (excluding diaryl/α,β-unsaturated/α-hetero) is 1. The van der Waals surface area contributed by atoms with E-state index in [-0.39, 0.29) is 42.4 Å². The molecule has 13 heteroatoms. The number of carbonyl (C=O) groups is 3. The first-order chi connectivity index (χ1) is 20.0. The Bertz CT molecular complexity index is 1590. The van der Waals surface area contributed by atoms with Crippen LogP contribution in [-0.4, -0.2) is 68.3 Å². The second-order valence-corrected chi connectivity index (χ2v) is 9.92. The van der Waals surface area contributed by atoms with Crippen LogP contribution in [-0.2, 0) is 39.8 Å². The van der Waals surface area contributed by atoms with Gasteiger partial charge in [-0.25, -0.2) is 9.78 Å². The molecule has 0 saturated carbocycles. The van der Waals surface area contributed by atoms with Crippen molar-refractivity contribution in [2.75, 3.05) is 18.9 Å². The number of fused-ring (bicyclic) bond motifs is 1. The maximum Gasteiger partial charge on any atom is 0.346 e. The maximum absolute atomic E-state index is 13.3. The molecule has 0 aliphatic carbocycles. The molecule has 3 aromatic rings.